The number of methoxy groups -OCH3 is 2. The molecule has 0 aliphatic heterocycles. The number of hydrogen-bond donors (Lipinski definition) is 1. The second kappa shape index (κ2) is 17.3. The standard InChI is InChI=1S/C35H48N6O4/c1-6-45-35(42)13-11-9-7-8-10-12-17-40-25-27(23-38-40)34-24-37-32-15-14-28(21-33(32)39-34)41(18-16-36-26(2)3)29-19-30(43-4)22-31(20-29)44-5/h14-15,19-26,36H,6-13,16-18H2,1-5H3. The van der Waals surface area contributed by atoms with Crippen LogP contribution in [0, 0.1) is 0 Å². The molecule has 4 aromatic rings. The van der Waals surface area contributed by atoms with Crippen molar-refractivity contribution >= 4 is 28.4 Å². The van der Waals surface area contributed by atoms with Gasteiger partial charge >= 0.3 is 5.97 Å². The zero-order valence-electron chi connectivity index (χ0n) is 27.4. The first-order valence-corrected chi connectivity index (χ1v) is 16.1. The Kier molecular flexibility index (Phi) is 13.0. The third kappa shape index (κ3) is 10.2. The number of carbonyl (C=O) groups is 1. The Morgan fingerprint density at radius 2 is 1.64 bits per heavy atom. The molecule has 0 saturated heterocycles. The van der Waals surface area contributed by atoms with E-state index < -0.39 is 0 Å². The van der Waals surface area contributed by atoms with Gasteiger partial charge in [0.15, 0.2) is 0 Å². The van der Waals surface area contributed by atoms with Crippen molar-refractivity contribution in [3.05, 3.63) is 55.0 Å². The van der Waals surface area contributed by atoms with Gasteiger partial charge in [0.2, 0.25) is 0 Å². The Morgan fingerprint density at radius 1 is 0.911 bits per heavy atom. The number of benzene rings is 2. The van der Waals surface area contributed by atoms with Crippen LogP contribution < -0.4 is 19.7 Å². The maximum absolute atomic E-state index is 11.4. The molecule has 0 amide bonds. The van der Waals surface area contributed by atoms with Crippen LogP contribution in [0.1, 0.15) is 65.7 Å². The van der Waals surface area contributed by atoms with Crippen LogP contribution in [-0.2, 0) is 16.1 Å². The van der Waals surface area contributed by atoms with Crippen LogP contribution in [0.5, 0.6) is 11.5 Å². The molecule has 2 aromatic heterocycles. The fourth-order valence-electron chi connectivity index (χ4n) is 5.23. The monoisotopic (exact) mass is 616 g/mol. The third-order valence-corrected chi connectivity index (χ3v) is 7.63. The van der Waals surface area contributed by atoms with Crippen LogP contribution in [0.4, 0.5) is 11.4 Å². The minimum atomic E-state index is -0.0885. The van der Waals surface area contributed by atoms with Gasteiger partial charge in [-0.2, -0.15) is 5.10 Å². The van der Waals surface area contributed by atoms with Crippen molar-refractivity contribution in [1.29, 1.82) is 0 Å². The summed E-state index contributed by atoms with van der Waals surface area (Å²) >= 11 is 0. The van der Waals surface area contributed by atoms with Crippen molar-refractivity contribution in [2.24, 2.45) is 0 Å². The van der Waals surface area contributed by atoms with Crippen LogP contribution in [0.3, 0.4) is 0 Å². The van der Waals surface area contributed by atoms with Gasteiger partial charge in [0, 0.05) is 73.4 Å². The Morgan fingerprint density at radius 3 is 2.36 bits per heavy atom. The van der Waals surface area contributed by atoms with Crippen molar-refractivity contribution in [2.75, 3.05) is 38.8 Å². The number of nitrogens with zero attached hydrogens (tertiary/aromatic N) is 5. The van der Waals surface area contributed by atoms with Gasteiger partial charge < -0.3 is 24.4 Å². The topological polar surface area (TPSA) is 104 Å². The fourth-order valence-corrected chi connectivity index (χ4v) is 5.23. The maximum atomic E-state index is 11.4. The summed E-state index contributed by atoms with van der Waals surface area (Å²) in [5.41, 5.74) is 5.37. The Balaban J connectivity index is 1.42. The molecule has 242 valence electrons. The van der Waals surface area contributed by atoms with Crippen LogP contribution in [0.15, 0.2) is 55.0 Å². The number of ether oxygens (including phenoxy) is 3. The van der Waals surface area contributed by atoms with Gasteiger partial charge in [-0.05, 0) is 38.0 Å². The molecule has 2 heterocycles. The van der Waals surface area contributed by atoms with E-state index in [0.717, 1.165) is 103 Å². The van der Waals surface area contributed by atoms with Crippen molar-refractivity contribution in [1.82, 2.24) is 25.1 Å². The smallest absolute Gasteiger partial charge is 0.305 e. The number of carbonyl (C=O) groups excluding carboxylic acids is 1. The number of anilines is 2. The van der Waals surface area contributed by atoms with Crippen molar-refractivity contribution in [3.8, 4) is 22.8 Å². The first-order chi connectivity index (χ1) is 21.9. The van der Waals surface area contributed by atoms with E-state index in [1.807, 2.05) is 54.5 Å². The lowest BCUT2D eigenvalue weighted by atomic mass is 10.1. The van der Waals surface area contributed by atoms with E-state index >= 15 is 0 Å². The molecule has 0 aliphatic carbocycles. The first kappa shape index (κ1) is 33.7. The Hall–Kier alpha value is -4.18. The van der Waals surface area contributed by atoms with Crippen LogP contribution in [0.25, 0.3) is 22.3 Å². The van der Waals surface area contributed by atoms with Gasteiger partial charge in [-0.3, -0.25) is 14.5 Å². The molecule has 0 saturated carbocycles. The number of fused-ring (bicyclic) bond motifs is 1. The second-order valence-electron chi connectivity index (χ2n) is 11.4. The summed E-state index contributed by atoms with van der Waals surface area (Å²) < 4.78 is 18.1. The Bertz CT molecular complexity index is 1480. The largest absolute Gasteiger partial charge is 0.497 e. The maximum Gasteiger partial charge on any atom is 0.305 e. The highest BCUT2D eigenvalue weighted by Crippen LogP contribution is 2.34. The normalized spacial score (nSPS) is 11.2. The fraction of sp³-hybridized carbons (Fsp3) is 0.486. The average molecular weight is 617 g/mol. The predicted molar refractivity (Wildman–Crippen MR) is 179 cm³/mol. The molecule has 4 rings (SSSR count). The highest BCUT2D eigenvalue weighted by molar-refractivity contribution is 5.82. The second-order valence-corrected chi connectivity index (χ2v) is 11.4. The molecule has 2 aromatic carbocycles. The molecule has 0 bridgehead atoms. The summed E-state index contributed by atoms with van der Waals surface area (Å²) in [6, 6.07) is 12.5. The van der Waals surface area contributed by atoms with Gasteiger partial charge in [-0.1, -0.05) is 39.5 Å². The average Bonchev–Trinajstić information content (AvgIpc) is 3.52. The molecule has 45 heavy (non-hydrogen) atoms. The molecular formula is C35H48N6O4. The number of rotatable bonds is 19. The lowest BCUT2D eigenvalue weighted by Crippen LogP contribution is -2.32. The quantitative estimate of drug-likeness (QED) is 0.0886. The molecular weight excluding hydrogens is 568 g/mol. The zero-order chi connectivity index (χ0) is 32.0. The number of nitrogens with one attached hydrogen (secondary N) is 1. The van der Waals surface area contributed by atoms with Crippen molar-refractivity contribution in [3.63, 3.8) is 0 Å². The highest BCUT2D eigenvalue weighted by atomic mass is 16.5. The summed E-state index contributed by atoms with van der Waals surface area (Å²) in [6.45, 7) is 9.00. The first-order valence-electron chi connectivity index (χ1n) is 16.1. The molecule has 0 atom stereocenters. The minimum absolute atomic E-state index is 0.0885. The zero-order valence-corrected chi connectivity index (χ0v) is 27.4. The summed E-state index contributed by atoms with van der Waals surface area (Å²) in [5.74, 6) is 1.38. The summed E-state index contributed by atoms with van der Waals surface area (Å²) in [7, 11) is 3.33. The van der Waals surface area contributed by atoms with E-state index in [1.54, 1.807) is 14.2 Å². The van der Waals surface area contributed by atoms with E-state index in [-0.39, 0.29) is 5.97 Å². The van der Waals surface area contributed by atoms with Crippen LogP contribution in [-0.4, -0.2) is 65.7 Å². The predicted octanol–water partition coefficient (Wildman–Crippen LogP) is 6.94. The number of esters is 1. The van der Waals surface area contributed by atoms with Crippen LogP contribution in [0.2, 0.25) is 0 Å². The number of aromatic nitrogens is 4. The summed E-state index contributed by atoms with van der Waals surface area (Å²) in [5, 5.41) is 8.10. The van der Waals surface area contributed by atoms with Gasteiger partial charge in [-0.25, -0.2) is 4.98 Å². The van der Waals surface area contributed by atoms with E-state index in [1.165, 1.54) is 0 Å². The molecule has 10 nitrogen and oxygen atoms in total. The highest BCUT2D eigenvalue weighted by Gasteiger charge is 2.15. The van der Waals surface area contributed by atoms with Gasteiger partial charge in [-0.15, -0.1) is 0 Å². The molecule has 0 aliphatic rings. The van der Waals surface area contributed by atoms with Gasteiger partial charge in [0.1, 0.15) is 11.5 Å². The summed E-state index contributed by atoms with van der Waals surface area (Å²) in [6.07, 6.45) is 12.7. The van der Waals surface area contributed by atoms with Gasteiger partial charge in [0.25, 0.3) is 0 Å². The SMILES string of the molecule is CCOC(=O)CCCCCCCCn1cc(-c2cnc3ccc(N(CCNC(C)C)c4cc(OC)cc(OC)c4)cc3n2)cn1. The van der Waals surface area contributed by atoms with Crippen LogP contribution >= 0.6 is 0 Å². The summed E-state index contributed by atoms with van der Waals surface area (Å²) in [4.78, 5) is 23.4. The number of unbranched alkanes of at least 4 members (excludes halogenated alkanes) is 5. The lowest BCUT2D eigenvalue weighted by molar-refractivity contribution is -0.143. The van der Waals surface area contributed by atoms with E-state index in [9.17, 15) is 4.79 Å². The van der Waals surface area contributed by atoms with E-state index in [2.05, 4.69) is 41.3 Å². The van der Waals surface area contributed by atoms with E-state index in [0.29, 0.717) is 19.1 Å². The molecule has 10 heteroatoms. The number of aryl methyl sites for hydroxylation is 1. The molecule has 0 fully saturated rings. The van der Waals surface area contributed by atoms with E-state index in [4.69, 9.17) is 24.2 Å². The molecule has 0 spiro atoms. The minimum Gasteiger partial charge on any atom is -0.497 e. The Labute approximate surface area is 267 Å². The third-order valence-electron chi connectivity index (χ3n) is 7.63. The van der Waals surface area contributed by atoms with Gasteiger partial charge in [0.05, 0.1) is 49.9 Å². The molecule has 0 radical (unpaired) electrons. The van der Waals surface area contributed by atoms with Crippen molar-refractivity contribution in [2.45, 2.75) is 78.3 Å². The number of hydrogen-bond acceptors (Lipinski definition) is 9. The lowest BCUT2D eigenvalue weighted by Gasteiger charge is -2.27. The molecule has 1 N–H and O–H groups in total. The van der Waals surface area contributed by atoms with Crippen molar-refractivity contribution < 1.29 is 19.0 Å². The molecule has 0 unspecified atom stereocenters.